The Kier molecular flexibility index (Phi) is 9.07. The molecule has 9 nitrogen and oxygen atoms in total. The number of aromatic nitrogens is 2. The Labute approximate surface area is 215 Å². The largest absolute Gasteiger partial charge is 0.493 e. The van der Waals surface area contributed by atoms with Crippen molar-refractivity contribution in [2.75, 3.05) is 24.3 Å². The molecule has 1 aliphatic rings. The SMILES string of the molecule is CNc1nc(NC2CCC(N(OC(=O)C(F)(F)F)C(=O)COc3ccc(Cl)c(Cl)c3)CC2)ncc1C. The number of nitrogens with one attached hydrogen (secondary N) is 2. The number of hydroxylamine groups is 2. The minimum absolute atomic E-state index is 0.0867. The van der Waals surface area contributed by atoms with Crippen molar-refractivity contribution in [1.82, 2.24) is 15.0 Å². The number of alkyl halides is 3. The van der Waals surface area contributed by atoms with E-state index in [1.54, 1.807) is 13.2 Å². The summed E-state index contributed by atoms with van der Waals surface area (Å²) in [6.45, 7) is 1.19. The molecular weight excluding hydrogens is 526 g/mol. The summed E-state index contributed by atoms with van der Waals surface area (Å²) in [5.74, 6) is -2.19. The van der Waals surface area contributed by atoms with Crippen molar-refractivity contribution >= 4 is 46.8 Å². The predicted octanol–water partition coefficient (Wildman–Crippen LogP) is 4.78. The van der Waals surface area contributed by atoms with E-state index in [-0.39, 0.29) is 34.7 Å². The molecule has 0 unspecified atom stereocenters. The molecule has 2 aromatic rings. The lowest BCUT2D eigenvalue weighted by atomic mass is 9.91. The number of ether oxygens (including phenoxy) is 1. The van der Waals surface area contributed by atoms with Crippen LogP contribution in [0, 0.1) is 6.92 Å². The molecule has 1 amide bonds. The molecule has 1 aromatic heterocycles. The van der Waals surface area contributed by atoms with E-state index in [0.717, 1.165) is 5.56 Å². The summed E-state index contributed by atoms with van der Waals surface area (Å²) in [5.41, 5.74) is 0.871. The number of carbonyl (C=O) groups excluding carboxylic acids is 2. The summed E-state index contributed by atoms with van der Waals surface area (Å²) in [5, 5.41) is 7.06. The second kappa shape index (κ2) is 11.8. The van der Waals surface area contributed by atoms with E-state index in [1.165, 1.54) is 18.2 Å². The molecule has 0 spiro atoms. The van der Waals surface area contributed by atoms with Crippen LogP contribution in [0.1, 0.15) is 31.2 Å². The number of hydrogen-bond acceptors (Lipinski definition) is 8. The molecule has 3 rings (SSSR count). The van der Waals surface area contributed by atoms with Gasteiger partial charge >= 0.3 is 12.1 Å². The van der Waals surface area contributed by atoms with E-state index >= 15 is 0 Å². The molecule has 196 valence electrons. The Balaban J connectivity index is 1.65. The number of halogens is 5. The maximum Gasteiger partial charge on any atom is 0.493 e. The minimum atomic E-state index is -5.27. The summed E-state index contributed by atoms with van der Waals surface area (Å²) in [6, 6.07) is 3.38. The van der Waals surface area contributed by atoms with Crippen molar-refractivity contribution in [2.45, 2.75) is 50.9 Å². The summed E-state index contributed by atoms with van der Waals surface area (Å²) >= 11 is 11.7. The molecule has 14 heteroatoms. The number of aryl methyl sites for hydroxylation is 1. The van der Waals surface area contributed by atoms with Crippen LogP contribution in [0.5, 0.6) is 5.75 Å². The smallest absolute Gasteiger partial charge is 0.484 e. The average molecular weight is 550 g/mol. The minimum Gasteiger partial charge on any atom is -0.484 e. The van der Waals surface area contributed by atoms with Gasteiger partial charge < -0.3 is 20.2 Å². The van der Waals surface area contributed by atoms with Crippen LogP contribution in [0.25, 0.3) is 0 Å². The number of amides is 1. The molecule has 1 aliphatic carbocycles. The second-order valence-electron chi connectivity index (χ2n) is 8.09. The first-order valence-electron chi connectivity index (χ1n) is 10.9. The molecule has 1 fully saturated rings. The van der Waals surface area contributed by atoms with E-state index in [1.807, 2.05) is 6.92 Å². The highest BCUT2D eigenvalue weighted by Crippen LogP contribution is 2.29. The molecule has 0 aliphatic heterocycles. The Hall–Kier alpha value is -2.99. The monoisotopic (exact) mass is 549 g/mol. The Morgan fingerprint density at radius 1 is 1.17 bits per heavy atom. The first kappa shape index (κ1) is 27.6. The quantitative estimate of drug-likeness (QED) is 0.475. The Morgan fingerprint density at radius 3 is 2.47 bits per heavy atom. The summed E-state index contributed by atoms with van der Waals surface area (Å²) in [7, 11) is 1.74. The lowest BCUT2D eigenvalue weighted by Crippen LogP contribution is -2.48. The third-order valence-corrected chi connectivity index (χ3v) is 6.22. The van der Waals surface area contributed by atoms with Crippen molar-refractivity contribution in [3.8, 4) is 5.75 Å². The number of benzene rings is 1. The van der Waals surface area contributed by atoms with E-state index < -0.39 is 30.7 Å². The maximum atomic E-state index is 12.9. The Morgan fingerprint density at radius 2 is 1.86 bits per heavy atom. The zero-order valence-corrected chi connectivity index (χ0v) is 20.9. The van der Waals surface area contributed by atoms with Crippen molar-refractivity contribution < 1.29 is 32.3 Å². The first-order valence-corrected chi connectivity index (χ1v) is 11.7. The van der Waals surface area contributed by atoms with Gasteiger partial charge in [0.25, 0.3) is 5.91 Å². The van der Waals surface area contributed by atoms with E-state index in [4.69, 9.17) is 27.9 Å². The van der Waals surface area contributed by atoms with Crippen LogP contribution in [0.2, 0.25) is 10.0 Å². The Bertz CT molecular complexity index is 1100. The van der Waals surface area contributed by atoms with Crippen LogP contribution in [0.4, 0.5) is 24.9 Å². The molecular formula is C22H24Cl2F3N5O4. The predicted molar refractivity (Wildman–Crippen MR) is 127 cm³/mol. The van der Waals surface area contributed by atoms with Gasteiger partial charge in [0, 0.05) is 30.9 Å². The van der Waals surface area contributed by atoms with Crippen LogP contribution in [-0.2, 0) is 14.4 Å². The van der Waals surface area contributed by atoms with Crippen LogP contribution >= 0.6 is 23.2 Å². The number of carbonyl (C=O) groups is 2. The number of rotatable bonds is 7. The molecule has 0 radical (unpaired) electrons. The van der Waals surface area contributed by atoms with Gasteiger partial charge in [0.05, 0.1) is 16.1 Å². The summed E-state index contributed by atoms with van der Waals surface area (Å²) in [6.07, 6.45) is -2.12. The van der Waals surface area contributed by atoms with E-state index in [2.05, 4.69) is 25.4 Å². The highest BCUT2D eigenvalue weighted by Gasteiger charge is 2.45. The van der Waals surface area contributed by atoms with Gasteiger partial charge in [-0.15, -0.1) is 0 Å². The van der Waals surface area contributed by atoms with Crippen molar-refractivity contribution in [2.24, 2.45) is 0 Å². The van der Waals surface area contributed by atoms with Gasteiger partial charge in [-0.2, -0.15) is 23.2 Å². The number of anilines is 2. The normalized spacial score (nSPS) is 17.8. The molecule has 1 aromatic carbocycles. The van der Waals surface area contributed by atoms with E-state index in [0.29, 0.717) is 29.7 Å². The topological polar surface area (TPSA) is 106 Å². The van der Waals surface area contributed by atoms with Crippen molar-refractivity contribution in [3.63, 3.8) is 0 Å². The lowest BCUT2D eigenvalue weighted by molar-refractivity contribution is -0.245. The molecule has 0 saturated heterocycles. The molecule has 0 bridgehead atoms. The van der Waals surface area contributed by atoms with Gasteiger partial charge in [-0.1, -0.05) is 23.2 Å². The first-order chi connectivity index (χ1) is 17.0. The van der Waals surface area contributed by atoms with Crippen molar-refractivity contribution in [3.05, 3.63) is 40.0 Å². The molecule has 1 saturated carbocycles. The van der Waals surface area contributed by atoms with Gasteiger partial charge in [-0.3, -0.25) is 4.79 Å². The zero-order valence-electron chi connectivity index (χ0n) is 19.4. The fraction of sp³-hybridized carbons (Fsp3) is 0.455. The molecule has 0 atom stereocenters. The van der Waals surface area contributed by atoms with Crippen LogP contribution in [0.15, 0.2) is 24.4 Å². The third kappa shape index (κ3) is 7.26. The highest BCUT2D eigenvalue weighted by molar-refractivity contribution is 6.42. The van der Waals surface area contributed by atoms with Gasteiger partial charge in [0.1, 0.15) is 11.6 Å². The number of nitrogens with zero attached hydrogens (tertiary/aromatic N) is 3. The van der Waals surface area contributed by atoms with Crippen LogP contribution in [-0.4, -0.2) is 58.8 Å². The fourth-order valence-corrected chi connectivity index (χ4v) is 3.94. The fourth-order valence-electron chi connectivity index (χ4n) is 3.65. The van der Waals surface area contributed by atoms with Crippen LogP contribution < -0.4 is 15.4 Å². The second-order valence-corrected chi connectivity index (χ2v) is 8.90. The standard InChI is InChI=1S/C22H24Cl2F3N5O4/c1-12-10-29-21(31-19(12)28-2)30-13-3-5-14(6-4-13)32(36-20(34)22(25,26)27)18(33)11-35-15-7-8-16(23)17(24)9-15/h7-10,13-14H,3-6,11H2,1-2H3,(H2,28,29,30,31). The van der Waals surface area contributed by atoms with Gasteiger partial charge in [-0.25, -0.2) is 9.78 Å². The van der Waals surface area contributed by atoms with E-state index in [9.17, 15) is 22.8 Å². The lowest BCUT2D eigenvalue weighted by Gasteiger charge is -2.35. The summed E-state index contributed by atoms with van der Waals surface area (Å²) in [4.78, 5) is 37.4. The highest BCUT2D eigenvalue weighted by atomic mass is 35.5. The average Bonchev–Trinajstić information content (AvgIpc) is 2.84. The van der Waals surface area contributed by atoms with Gasteiger partial charge in [0.2, 0.25) is 5.95 Å². The summed E-state index contributed by atoms with van der Waals surface area (Å²) < 4.78 is 43.9. The molecule has 36 heavy (non-hydrogen) atoms. The maximum absolute atomic E-state index is 12.9. The van der Waals surface area contributed by atoms with Gasteiger partial charge in [0.15, 0.2) is 6.61 Å². The number of hydrogen-bond donors (Lipinski definition) is 2. The van der Waals surface area contributed by atoms with Gasteiger partial charge in [-0.05, 0) is 44.7 Å². The third-order valence-electron chi connectivity index (χ3n) is 5.48. The van der Waals surface area contributed by atoms with Crippen LogP contribution in [0.3, 0.4) is 0 Å². The molecule has 1 heterocycles. The van der Waals surface area contributed by atoms with Crippen molar-refractivity contribution in [1.29, 1.82) is 0 Å². The zero-order chi connectivity index (χ0) is 26.5. The molecule has 2 N–H and O–H groups in total.